The van der Waals surface area contributed by atoms with Gasteiger partial charge in [-0.3, -0.25) is 4.79 Å². The van der Waals surface area contributed by atoms with Gasteiger partial charge in [-0.2, -0.15) is 0 Å². The van der Waals surface area contributed by atoms with Gasteiger partial charge in [-0.1, -0.05) is 24.3 Å². The summed E-state index contributed by atoms with van der Waals surface area (Å²) in [6.45, 7) is 3.82. The van der Waals surface area contributed by atoms with Crippen LogP contribution in [-0.2, 0) is 0 Å². The molecule has 2 heterocycles. The third-order valence-electron chi connectivity index (χ3n) is 2.97. The van der Waals surface area contributed by atoms with Crippen molar-refractivity contribution < 1.29 is 4.79 Å². The summed E-state index contributed by atoms with van der Waals surface area (Å²) in [7, 11) is 0. The molecule has 1 aromatic carbocycles. The standard InChI is InChI=1S/C16H16N4OS/c1-11(2)17-16(21)14-18-15(13-9-6-10-22-13)20(19-14)12-7-4-3-5-8-12/h3-11H,1-2H3,(H,17,21). The molecule has 2 aromatic heterocycles. The van der Waals surface area contributed by atoms with Gasteiger partial charge in [-0.25, -0.2) is 9.67 Å². The minimum Gasteiger partial charge on any atom is -0.347 e. The molecule has 0 unspecified atom stereocenters. The number of carbonyl (C=O) groups excluding carboxylic acids is 1. The highest BCUT2D eigenvalue weighted by Gasteiger charge is 2.19. The molecule has 0 aliphatic carbocycles. The normalized spacial score (nSPS) is 10.9. The Balaban J connectivity index is 2.07. The van der Waals surface area contributed by atoms with Gasteiger partial charge in [0.25, 0.3) is 5.91 Å². The van der Waals surface area contributed by atoms with Gasteiger partial charge >= 0.3 is 0 Å². The summed E-state index contributed by atoms with van der Waals surface area (Å²) >= 11 is 1.57. The average Bonchev–Trinajstić information content (AvgIpc) is 3.16. The first-order valence-corrected chi connectivity index (χ1v) is 7.90. The van der Waals surface area contributed by atoms with Gasteiger partial charge in [0, 0.05) is 6.04 Å². The van der Waals surface area contributed by atoms with Crippen molar-refractivity contribution in [3.05, 3.63) is 53.7 Å². The Morgan fingerprint density at radius 1 is 1.18 bits per heavy atom. The quantitative estimate of drug-likeness (QED) is 0.805. The van der Waals surface area contributed by atoms with Gasteiger partial charge in [-0.05, 0) is 37.4 Å². The van der Waals surface area contributed by atoms with Crippen LogP contribution in [0, 0.1) is 0 Å². The van der Waals surface area contributed by atoms with Crippen molar-refractivity contribution in [3.63, 3.8) is 0 Å². The number of hydrogen-bond donors (Lipinski definition) is 1. The molecule has 1 N–H and O–H groups in total. The van der Waals surface area contributed by atoms with E-state index in [0.29, 0.717) is 5.82 Å². The minimum absolute atomic E-state index is 0.0429. The van der Waals surface area contributed by atoms with Crippen molar-refractivity contribution in [2.75, 3.05) is 0 Å². The summed E-state index contributed by atoms with van der Waals surface area (Å²) in [6, 6.07) is 13.7. The molecule has 0 saturated carbocycles. The first-order chi connectivity index (χ1) is 10.6. The van der Waals surface area contributed by atoms with E-state index in [-0.39, 0.29) is 17.8 Å². The fourth-order valence-corrected chi connectivity index (χ4v) is 2.75. The number of para-hydroxylation sites is 1. The molecule has 3 rings (SSSR count). The predicted molar refractivity (Wildman–Crippen MR) is 87.3 cm³/mol. The average molecular weight is 312 g/mol. The molecule has 0 atom stereocenters. The molecule has 0 fully saturated rings. The zero-order valence-electron chi connectivity index (χ0n) is 12.4. The summed E-state index contributed by atoms with van der Waals surface area (Å²) in [4.78, 5) is 17.6. The molecular formula is C16H16N4OS. The Hall–Kier alpha value is -2.47. The minimum atomic E-state index is -0.262. The van der Waals surface area contributed by atoms with Gasteiger partial charge in [0.15, 0.2) is 5.82 Å². The zero-order chi connectivity index (χ0) is 15.5. The summed E-state index contributed by atoms with van der Waals surface area (Å²) in [5.74, 6) is 0.596. The molecule has 5 nitrogen and oxygen atoms in total. The van der Waals surface area contributed by atoms with Crippen LogP contribution in [0.15, 0.2) is 47.8 Å². The van der Waals surface area contributed by atoms with Crippen molar-refractivity contribution >= 4 is 17.2 Å². The number of hydrogen-bond acceptors (Lipinski definition) is 4. The van der Waals surface area contributed by atoms with Crippen LogP contribution in [0.5, 0.6) is 0 Å². The molecule has 0 aliphatic heterocycles. The Morgan fingerprint density at radius 3 is 2.59 bits per heavy atom. The zero-order valence-corrected chi connectivity index (χ0v) is 13.2. The highest BCUT2D eigenvalue weighted by molar-refractivity contribution is 7.13. The number of benzene rings is 1. The molecule has 1 amide bonds. The van der Waals surface area contributed by atoms with E-state index in [2.05, 4.69) is 15.4 Å². The smallest absolute Gasteiger partial charge is 0.291 e. The lowest BCUT2D eigenvalue weighted by Crippen LogP contribution is -2.31. The molecule has 0 spiro atoms. The number of carbonyl (C=O) groups is 1. The van der Waals surface area contributed by atoms with E-state index >= 15 is 0 Å². The van der Waals surface area contributed by atoms with Crippen LogP contribution < -0.4 is 5.32 Å². The number of nitrogens with zero attached hydrogens (tertiary/aromatic N) is 3. The fourth-order valence-electron chi connectivity index (χ4n) is 2.05. The second-order valence-corrected chi connectivity index (χ2v) is 6.06. The second-order valence-electron chi connectivity index (χ2n) is 5.11. The van der Waals surface area contributed by atoms with Crippen LogP contribution in [0.1, 0.15) is 24.5 Å². The Morgan fingerprint density at radius 2 is 1.95 bits per heavy atom. The molecule has 0 aliphatic rings. The van der Waals surface area contributed by atoms with E-state index in [0.717, 1.165) is 10.6 Å². The topological polar surface area (TPSA) is 59.8 Å². The van der Waals surface area contributed by atoms with Crippen LogP contribution >= 0.6 is 11.3 Å². The second kappa shape index (κ2) is 6.11. The summed E-state index contributed by atoms with van der Waals surface area (Å²) in [5.41, 5.74) is 0.877. The van der Waals surface area contributed by atoms with E-state index in [1.165, 1.54) is 0 Å². The van der Waals surface area contributed by atoms with Gasteiger partial charge < -0.3 is 5.32 Å². The van der Waals surface area contributed by atoms with Gasteiger partial charge in [0.05, 0.1) is 10.6 Å². The SMILES string of the molecule is CC(C)NC(=O)c1nc(-c2cccs2)n(-c2ccccc2)n1. The van der Waals surface area contributed by atoms with Crippen LogP contribution in [0.25, 0.3) is 16.4 Å². The lowest BCUT2D eigenvalue weighted by molar-refractivity contribution is 0.0932. The van der Waals surface area contributed by atoms with Crippen LogP contribution in [0.2, 0.25) is 0 Å². The van der Waals surface area contributed by atoms with Crippen molar-refractivity contribution in [2.45, 2.75) is 19.9 Å². The van der Waals surface area contributed by atoms with E-state index < -0.39 is 0 Å². The molecular weight excluding hydrogens is 296 g/mol. The summed E-state index contributed by atoms with van der Waals surface area (Å²) in [6.07, 6.45) is 0. The maximum atomic E-state index is 12.2. The predicted octanol–water partition coefficient (Wildman–Crippen LogP) is 3.13. The summed E-state index contributed by atoms with van der Waals surface area (Å²) < 4.78 is 1.71. The lowest BCUT2D eigenvalue weighted by Gasteiger charge is -2.04. The molecule has 0 bridgehead atoms. The molecule has 3 aromatic rings. The van der Waals surface area contributed by atoms with E-state index in [1.807, 2.05) is 61.7 Å². The number of amides is 1. The van der Waals surface area contributed by atoms with Gasteiger partial charge in [0.2, 0.25) is 5.82 Å². The van der Waals surface area contributed by atoms with Crippen molar-refractivity contribution in [2.24, 2.45) is 0 Å². The van der Waals surface area contributed by atoms with Crippen LogP contribution in [0.3, 0.4) is 0 Å². The van der Waals surface area contributed by atoms with Crippen molar-refractivity contribution in [1.29, 1.82) is 0 Å². The van der Waals surface area contributed by atoms with E-state index in [9.17, 15) is 4.79 Å². The third kappa shape index (κ3) is 2.92. The Labute approximate surface area is 132 Å². The van der Waals surface area contributed by atoms with E-state index in [4.69, 9.17) is 0 Å². The first kappa shape index (κ1) is 14.5. The Bertz CT molecular complexity index is 763. The molecule has 0 saturated heterocycles. The molecule has 22 heavy (non-hydrogen) atoms. The van der Waals surface area contributed by atoms with Gasteiger partial charge in [0.1, 0.15) is 0 Å². The Kier molecular flexibility index (Phi) is 4.02. The van der Waals surface area contributed by atoms with Gasteiger partial charge in [-0.15, -0.1) is 16.4 Å². The van der Waals surface area contributed by atoms with Crippen LogP contribution in [0.4, 0.5) is 0 Å². The fraction of sp³-hybridized carbons (Fsp3) is 0.188. The maximum absolute atomic E-state index is 12.2. The monoisotopic (exact) mass is 312 g/mol. The molecule has 0 radical (unpaired) electrons. The third-order valence-corrected chi connectivity index (χ3v) is 3.84. The number of rotatable bonds is 4. The van der Waals surface area contributed by atoms with Crippen molar-refractivity contribution in [3.8, 4) is 16.4 Å². The van der Waals surface area contributed by atoms with E-state index in [1.54, 1.807) is 16.0 Å². The number of thiophene rings is 1. The molecule has 112 valence electrons. The number of nitrogens with one attached hydrogen (secondary N) is 1. The first-order valence-electron chi connectivity index (χ1n) is 7.02. The van der Waals surface area contributed by atoms with Crippen LogP contribution in [-0.4, -0.2) is 26.7 Å². The van der Waals surface area contributed by atoms with Crippen molar-refractivity contribution in [1.82, 2.24) is 20.1 Å². The number of aromatic nitrogens is 3. The highest BCUT2D eigenvalue weighted by Crippen LogP contribution is 2.25. The highest BCUT2D eigenvalue weighted by atomic mass is 32.1. The largest absolute Gasteiger partial charge is 0.347 e. The summed E-state index contributed by atoms with van der Waals surface area (Å²) in [5, 5.41) is 9.19. The molecule has 6 heteroatoms. The lowest BCUT2D eigenvalue weighted by atomic mass is 10.3. The maximum Gasteiger partial charge on any atom is 0.291 e.